The van der Waals surface area contributed by atoms with Crippen LogP contribution in [0.5, 0.6) is 0 Å². The molecule has 0 aliphatic heterocycles. The number of benzene rings is 1. The second-order valence-corrected chi connectivity index (χ2v) is 5.71. The fourth-order valence-electron chi connectivity index (χ4n) is 2.56. The average molecular weight is 348 g/mol. The van der Waals surface area contributed by atoms with E-state index in [4.69, 9.17) is 4.42 Å². The van der Waals surface area contributed by atoms with Gasteiger partial charge in [-0.2, -0.15) is 10.2 Å². The molecule has 0 radical (unpaired) electrons. The minimum atomic E-state index is -0.506. The molecule has 3 aromatic heterocycles. The normalized spacial score (nSPS) is 12.0. The smallest absolute Gasteiger partial charge is 0.250 e. The van der Waals surface area contributed by atoms with E-state index >= 15 is 0 Å². The van der Waals surface area contributed by atoms with E-state index in [0.29, 0.717) is 11.5 Å². The van der Waals surface area contributed by atoms with Gasteiger partial charge in [-0.15, -0.1) is 0 Å². The number of carbonyl (C=O) groups excluding carboxylic acids is 1. The lowest BCUT2D eigenvalue weighted by atomic mass is 10.2. The average Bonchev–Trinajstić information content (AvgIpc) is 3.42. The third-order valence-electron chi connectivity index (χ3n) is 3.99. The number of nitrogens with zero attached hydrogens (tertiary/aromatic N) is 5. The molecule has 1 aromatic carbocycles. The molecule has 0 saturated heterocycles. The predicted molar refractivity (Wildman–Crippen MR) is 94.6 cm³/mol. The van der Waals surface area contributed by atoms with Gasteiger partial charge in [0, 0.05) is 11.6 Å². The highest BCUT2D eigenvalue weighted by atomic mass is 16.3. The number of nitrogens with one attached hydrogen (secondary N) is 1. The first-order valence-corrected chi connectivity index (χ1v) is 8.05. The van der Waals surface area contributed by atoms with E-state index in [1.807, 2.05) is 42.5 Å². The maximum atomic E-state index is 12.6. The number of furan rings is 1. The van der Waals surface area contributed by atoms with Crippen LogP contribution in [0.4, 0.5) is 5.82 Å². The zero-order valence-corrected chi connectivity index (χ0v) is 14.0. The van der Waals surface area contributed by atoms with Crippen molar-refractivity contribution in [2.75, 3.05) is 5.32 Å². The summed E-state index contributed by atoms with van der Waals surface area (Å²) >= 11 is 0. The van der Waals surface area contributed by atoms with Gasteiger partial charge in [0.25, 0.3) is 0 Å². The van der Waals surface area contributed by atoms with Gasteiger partial charge in [-0.3, -0.25) is 4.79 Å². The summed E-state index contributed by atoms with van der Waals surface area (Å²) in [4.78, 5) is 16.5. The Morgan fingerprint density at radius 2 is 2.08 bits per heavy atom. The Hall–Kier alpha value is -3.68. The Balaban J connectivity index is 1.69. The zero-order chi connectivity index (χ0) is 17.9. The Morgan fingerprint density at radius 3 is 2.77 bits per heavy atom. The van der Waals surface area contributed by atoms with E-state index in [-0.39, 0.29) is 5.91 Å². The second-order valence-electron chi connectivity index (χ2n) is 5.71. The number of amides is 1. The molecular formula is C18H16N6O2. The predicted octanol–water partition coefficient (Wildman–Crippen LogP) is 2.92. The number of hydrogen-bond donors (Lipinski definition) is 1. The fourth-order valence-corrected chi connectivity index (χ4v) is 2.56. The molecule has 0 saturated carbocycles. The summed E-state index contributed by atoms with van der Waals surface area (Å²) in [6.07, 6.45) is 6.11. The van der Waals surface area contributed by atoms with Gasteiger partial charge in [-0.25, -0.2) is 14.3 Å². The molecule has 1 unspecified atom stereocenters. The quantitative estimate of drug-likeness (QED) is 0.599. The lowest BCUT2D eigenvalue weighted by Gasteiger charge is -2.13. The summed E-state index contributed by atoms with van der Waals surface area (Å²) in [5.41, 5.74) is 2.37. The fraction of sp³-hybridized carbons (Fsp3) is 0.111. The monoisotopic (exact) mass is 348 g/mol. The second kappa shape index (κ2) is 6.67. The van der Waals surface area contributed by atoms with Crippen molar-refractivity contribution in [1.82, 2.24) is 24.5 Å². The largest absolute Gasteiger partial charge is 0.472 e. The lowest BCUT2D eigenvalue weighted by molar-refractivity contribution is -0.119. The van der Waals surface area contributed by atoms with Gasteiger partial charge in [-0.1, -0.05) is 18.2 Å². The van der Waals surface area contributed by atoms with E-state index in [9.17, 15) is 4.79 Å². The molecule has 0 fully saturated rings. The third-order valence-corrected chi connectivity index (χ3v) is 3.99. The Morgan fingerprint density at radius 1 is 1.23 bits per heavy atom. The molecule has 26 heavy (non-hydrogen) atoms. The van der Waals surface area contributed by atoms with Gasteiger partial charge < -0.3 is 9.73 Å². The molecule has 4 aromatic rings. The van der Waals surface area contributed by atoms with Gasteiger partial charge in [0.05, 0.1) is 23.9 Å². The first-order valence-electron chi connectivity index (χ1n) is 8.05. The highest BCUT2D eigenvalue weighted by Crippen LogP contribution is 2.25. The van der Waals surface area contributed by atoms with E-state index in [0.717, 1.165) is 11.3 Å². The Bertz CT molecular complexity index is 990. The molecule has 130 valence electrons. The Kier molecular flexibility index (Phi) is 4.06. The number of hydrogen-bond acceptors (Lipinski definition) is 5. The summed E-state index contributed by atoms with van der Waals surface area (Å²) in [6, 6.07) is 12.7. The summed E-state index contributed by atoms with van der Waals surface area (Å²) in [5.74, 6) is 0.343. The van der Waals surface area contributed by atoms with Crippen molar-refractivity contribution in [2.24, 2.45) is 0 Å². The van der Waals surface area contributed by atoms with Gasteiger partial charge in [0.1, 0.15) is 24.5 Å². The summed E-state index contributed by atoms with van der Waals surface area (Å²) in [6.45, 7) is 1.75. The standard InChI is InChI=1S/C18H16N6O2/c1-13(23-12-19-11-20-23)18(25)21-17-9-16(14-7-8-26-10-14)22-24(17)15-5-3-2-4-6-15/h2-13H,1H3,(H,21,25). The third kappa shape index (κ3) is 3.00. The van der Waals surface area contributed by atoms with E-state index in [1.165, 1.54) is 17.3 Å². The highest BCUT2D eigenvalue weighted by Gasteiger charge is 2.19. The molecule has 8 nitrogen and oxygen atoms in total. The van der Waals surface area contributed by atoms with Crippen LogP contribution in [0.15, 0.2) is 72.1 Å². The molecular weight excluding hydrogens is 332 g/mol. The number of aromatic nitrogens is 5. The SMILES string of the molecule is CC(C(=O)Nc1cc(-c2ccoc2)nn1-c1ccccc1)n1cncn1. The van der Waals surface area contributed by atoms with Crippen LogP contribution in [-0.4, -0.2) is 30.5 Å². The van der Waals surface area contributed by atoms with Gasteiger partial charge in [0.15, 0.2) is 0 Å². The van der Waals surface area contributed by atoms with Crippen molar-refractivity contribution in [3.8, 4) is 16.9 Å². The molecule has 1 N–H and O–H groups in total. The van der Waals surface area contributed by atoms with Crippen molar-refractivity contribution in [2.45, 2.75) is 13.0 Å². The molecule has 4 rings (SSSR count). The van der Waals surface area contributed by atoms with Crippen LogP contribution in [0.1, 0.15) is 13.0 Å². The minimum Gasteiger partial charge on any atom is -0.472 e. The Labute approximate surface area is 149 Å². The highest BCUT2D eigenvalue weighted by molar-refractivity contribution is 5.93. The van der Waals surface area contributed by atoms with Gasteiger partial charge in [-0.05, 0) is 25.1 Å². The van der Waals surface area contributed by atoms with Crippen LogP contribution < -0.4 is 5.32 Å². The van der Waals surface area contributed by atoms with Crippen molar-refractivity contribution >= 4 is 11.7 Å². The van der Waals surface area contributed by atoms with E-state index in [2.05, 4.69) is 20.5 Å². The molecule has 3 heterocycles. The molecule has 1 amide bonds. The number of para-hydroxylation sites is 1. The number of anilines is 1. The van der Waals surface area contributed by atoms with Crippen LogP contribution in [-0.2, 0) is 4.79 Å². The molecule has 0 aliphatic rings. The topological polar surface area (TPSA) is 90.8 Å². The molecule has 0 spiro atoms. The number of rotatable bonds is 5. The van der Waals surface area contributed by atoms with Crippen LogP contribution in [0, 0.1) is 0 Å². The minimum absolute atomic E-state index is 0.216. The molecule has 8 heteroatoms. The van der Waals surface area contributed by atoms with Crippen LogP contribution in [0.2, 0.25) is 0 Å². The maximum absolute atomic E-state index is 12.6. The van der Waals surface area contributed by atoms with Crippen LogP contribution in [0.25, 0.3) is 16.9 Å². The van der Waals surface area contributed by atoms with Crippen LogP contribution in [0.3, 0.4) is 0 Å². The lowest BCUT2D eigenvalue weighted by Crippen LogP contribution is -2.25. The van der Waals surface area contributed by atoms with Crippen molar-refractivity contribution < 1.29 is 9.21 Å². The molecule has 1 atom stereocenters. The summed E-state index contributed by atoms with van der Waals surface area (Å²) in [7, 11) is 0. The molecule has 0 bridgehead atoms. The first-order chi connectivity index (χ1) is 12.7. The van der Waals surface area contributed by atoms with Crippen molar-refractivity contribution in [3.05, 3.63) is 67.6 Å². The van der Waals surface area contributed by atoms with Gasteiger partial charge in [0.2, 0.25) is 5.91 Å². The zero-order valence-electron chi connectivity index (χ0n) is 14.0. The number of carbonyl (C=O) groups is 1. The summed E-state index contributed by atoms with van der Waals surface area (Å²) < 4.78 is 8.32. The van der Waals surface area contributed by atoms with E-state index in [1.54, 1.807) is 24.1 Å². The van der Waals surface area contributed by atoms with Crippen molar-refractivity contribution in [3.63, 3.8) is 0 Å². The van der Waals surface area contributed by atoms with Crippen molar-refractivity contribution in [1.29, 1.82) is 0 Å². The van der Waals surface area contributed by atoms with E-state index < -0.39 is 6.04 Å². The van der Waals surface area contributed by atoms with Crippen LogP contribution >= 0.6 is 0 Å². The first kappa shape index (κ1) is 15.8. The maximum Gasteiger partial charge on any atom is 0.250 e. The van der Waals surface area contributed by atoms with Gasteiger partial charge >= 0.3 is 0 Å². The summed E-state index contributed by atoms with van der Waals surface area (Å²) in [5, 5.41) is 11.5. The molecule has 0 aliphatic carbocycles.